The average molecular weight is 387 g/mol. The van der Waals surface area contributed by atoms with Crippen molar-refractivity contribution in [1.29, 1.82) is 0 Å². The van der Waals surface area contributed by atoms with E-state index in [2.05, 4.69) is 12.2 Å². The molecule has 2 atom stereocenters. The predicted octanol–water partition coefficient (Wildman–Crippen LogP) is 1.97. The number of nitrogens with one attached hydrogen (secondary N) is 1. The number of carbonyl (C=O) groups is 3. The normalized spacial score (nSPS) is 26.6. The average Bonchev–Trinajstić information content (AvgIpc) is 3.26. The lowest BCUT2D eigenvalue weighted by Crippen LogP contribution is -2.49. The molecule has 1 aromatic rings. The van der Waals surface area contributed by atoms with E-state index in [1.165, 1.54) is 0 Å². The zero-order valence-corrected chi connectivity index (χ0v) is 16.2. The van der Waals surface area contributed by atoms with Crippen LogP contribution in [0, 0.1) is 0 Å². The van der Waals surface area contributed by atoms with Crippen LogP contribution >= 0.6 is 0 Å². The quantitative estimate of drug-likeness (QED) is 0.798. The molecule has 2 saturated heterocycles. The monoisotopic (exact) mass is 387 g/mol. The summed E-state index contributed by atoms with van der Waals surface area (Å²) in [5, 5.41) is 2.74. The zero-order chi connectivity index (χ0) is 19.9. The standard InChI is InChI=1S/C20H25N3O5/c1-3-14-6-4-5-9-22(14)17(24)11-23-18(25)20(2,21-19(23)26)13-7-8-15-16(10-13)28-12-27-15/h7-8,10,14H,3-6,9,11-12H2,1-2H3,(H,21,26)/t14-,20+/m0/s1. The second-order valence-electron chi connectivity index (χ2n) is 7.66. The first-order chi connectivity index (χ1) is 13.4. The number of hydrogen-bond acceptors (Lipinski definition) is 5. The van der Waals surface area contributed by atoms with E-state index in [0.29, 0.717) is 23.6 Å². The second kappa shape index (κ2) is 7.00. The van der Waals surface area contributed by atoms with Gasteiger partial charge in [-0.3, -0.25) is 14.5 Å². The van der Waals surface area contributed by atoms with Crippen LogP contribution in [0.4, 0.5) is 4.79 Å². The first kappa shape index (κ1) is 18.6. The fourth-order valence-electron chi connectivity index (χ4n) is 4.22. The molecule has 0 aliphatic carbocycles. The van der Waals surface area contributed by atoms with Crippen LogP contribution in [-0.2, 0) is 15.1 Å². The maximum atomic E-state index is 13.1. The summed E-state index contributed by atoms with van der Waals surface area (Å²) in [7, 11) is 0. The first-order valence-electron chi connectivity index (χ1n) is 9.77. The molecule has 8 heteroatoms. The molecule has 4 amide bonds. The molecule has 0 saturated carbocycles. The summed E-state index contributed by atoms with van der Waals surface area (Å²) in [6.07, 6.45) is 3.91. The van der Waals surface area contributed by atoms with Crippen LogP contribution in [0.2, 0.25) is 0 Å². The van der Waals surface area contributed by atoms with E-state index >= 15 is 0 Å². The highest BCUT2D eigenvalue weighted by atomic mass is 16.7. The summed E-state index contributed by atoms with van der Waals surface area (Å²) in [6, 6.07) is 4.78. The van der Waals surface area contributed by atoms with E-state index in [-0.39, 0.29) is 25.3 Å². The van der Waals surface area contributed by atoms with Gasteiger partial charge in [-0.2, -0.15) is 0 Å². The summed E-state index contributed by atoms with van der Waals surface area (Å²) in [4.78, 5) is 41.3. The van der Waals surface area contributed by atoms with E-state index in [1.807, 2.05) is 4.90 Å². The van der Waals surface area contributed by atoms with Gasteiger partial charge >= 0.3 is 6.03 Å². The number of urea groups is 1. The fourth-order valence-corrected chi connectivity index (χ4v) is 4.22. The molecular formula is C20H25N3O5. The number of likely N-dealkylation sites (tertiary alicyclic amines) is 1. The Morgan fingerprint density at radius 3 is 2.82 bits per heavy atom. The van der Waals surface area contributed by atoms with Gasteiger partial charge in [0.25, 0.3) is 5.91 Å². The van der Waals surface area contributed by atoms with Gasteiger partial charge in [-0.25, -0.2) is 4.79 Å². The maximum Gasteiger partial charge on any atom is 0.325 e. The first-order valence-corrected chi connectivity index (χ1v) is 9.77. The summed E-state index contributed by atoms with van der Waals surface area (Å²) in [6.45, 7) is 4.28. The van der Waals surface area contributed by atoms with Crippen LogP contribution in [0.15, 0.2) is 18.2 Å². The number of piperidine rings is 1. The molecule has 3 aliphatic heterocycles. The van der Waals surface area contributed by atoms with Crippen molar-refractivity contribution in [3.05, 3.63) is 23.8 Å². The van der Waals surface area contributed by atoms with Crippen molar-refractivity contribution in [1.82, 2.24) is 15.1 Å². The van der Waals surface area contributed by atoms with Gasteiger partial charge < -0.3 is 19.7 Å². The lowest BCUT2D eigenvalue weighted by Gasteiger charge is -2.36. The van der Waals surface area contributed by atoms with E-state index in [0.717, 1.165) is 30.6 Å². The summed E-state index contributed by atoms with van der Waals surface area (Å²) in [5.41, 5.74) is -0.654. The predicted molar refractivity (Wildman–Crippen MR) is 99.8 cm³/mol. The van der Waals surface area contributed by atoms with Gasteiger partial charge in [-0.05, 0) is 50.3 Å². The van der Waals surface area contributed by atoms with E-state index in [1.54, 1.807) is 25.1 Å². The van der Waals surface area contributed by atoms with Gasteiger partial charge in [-0.15, -0.1) is 0 Å². The third-order valence-electron chi connectivity index (χ3n) is 5.94. The van der Waals surface area contributed by atoms with Crippen LogP contribution in [0.1, 0.15) is 45.1 Å². The van der Waals surface area contributed by atoms with Crippen LogP contribution in [0.25, 0.3) is 0 Å². The molecule has 2 fully saturated rings. The second-order valence-corrected chi connectivity index (χ2v) is 7.66. The highest BCUT2D eigenvalue weighted by Gasteiger charge is 2.50. The number of rotatable bonds is 4. The highest BCUT2D eigenvalue weighted by Crippen LogP contribution is 2.37. The Hall–Kier alpha value is -2.77. The Kier molecular flexibility index (Phi) is 4.64. The number of amides is 4. The molecule has 3 aliphatic rings. The van der Waals surface area contributed by atoms with E-state index < -0.39 is 17.5 Å². The molecule has 0 aromatic heterocycles. The lowest BCUT2D eigenvalue weighted by molar-refractivity contribution is -0.141. The highest BCUT2D eigenvalue weighted by molar-refractivity contribution is 6.09. The van der Waals surface area contributed by atoms with Gasteiger partial charge in [0.05, 0.1) is 0 Å². The minimum Gasteiger partial charge on any atom is -0.454 e. The smallest absolute Gasteiger partial charge is 0.325 e. The lowest BCUT2D eigenvalue weighted by atomic mass is 9.91. The van der Waals surface area contributed by atoms with Crippen molar-refractivity contribution in [2.24, 2.45) is 0 Å². The molecule has 150 valence electrons. The van der Waals surface area contributed by atoms with Crippen molar-refractivity contribution >= 4 is 17.8 Å². The summed E-state index contributed by atoms with van der Waals surface area (Å²) >= 11 is 0. The molecular weight excluding hydrogens is 362 g/mol. The fraction of sp³-hybridized carbons (Fsp3) is 0.550. The Balaban J connectivity index is 1.53. The van der Waals surface area contributed by atoms with Gasteiger partial charge in [0.1, 0.15) is 12.1 Å². The van der Waals surface area contributed by atoms with Crippen LogP contribution in [0.5, 0.6) is 11.5 Å². The van der Waals surface area contributed by atoms with E-state index in [9.17, 15) is 14.4 Å². The number of benzene rings is 1. The van der Waals surface area contributed by atoms with Crippen molar-refractivity contribution < 1.29 is 23.9 Å². The molecule has 0 spiro atoms. The van der Waals surface area contributed by atoms with Crippen molar-refractivity contribution in [2.75, 3.05) is 19.9 Å². The topological polar surface area (TPSA) is 88.2 Å². The summed E-state index contributed by atoms with van der Waals surface area (Å²) < 4.78 is 10.7. The van der Waals surface area contributed by atoms with Crippen molar-refractivity contribution in [2.45, 2.75) is 51.1 Å². The van der Waals surface area contributed by atoms with Gasteiger partial charge in [-0.1, -0.05) is 13.0 Å². The number of imide groups is 1. The van der Waals surface area contributed by atoms with Crippen molar-refractivity contribution in [3.8, 4) is 11.5 Å². The van der Waals surface area contributed by atoms with Crippen LogP contribution in [-0.4, -0.2) is 53.6 Å². The minimum atomic E-state index is -1.25. The zero-order valence-electron chi connectivity index (χ0n) is 16.2. The van der Waals surface area contributed by atoms with E-state index in [4.69, 9.17) is 9.47 Å². The largest absolute Gasteiger partial charge is 0.454 e. The maximum absolute atomic E-state index is 13.1. The third-order valence-corrected chi connectivity index (χ3v) is 5.94. The molecule has 1 N–H and O–H groups in total. The molecule has 28 heavy (non-hydrogen) atoms. The molecule has 4 rings (SSSR count). The Morgan fingerprint density at radius 2 is 2.04 bits per heavy atom. The van der Waals surface area contributed by atoms with Crippen LogP contribution < -0.4 is 14.8 Å². The Morgan fingerprint density at radius 1 is 1.25 bits per heavy atom. The van der Waals surface area contributed by atoms with Crippen LogP contribution in [0.3, 0.4) is 0 Å². The number of carbonyl (C=O) groups excluding carboxylic acids is 3. The van der Waals surface area contributed by atoms with Gasteiger partial charge in [0.2, 0.25) is 12.7 Å². The SMILES string of the molecule is CC[C@H]1CCCCN1C(=O)CN1C(=O)N[C@](C)(c2ccc3c(c2)OCO3)C1=O. The Bertz CT molecular complexity index is 826. The molecule has 0 unspecified atom stereocenters. The molecule has 8 nitrogen and oxygen atoms in total. The number of ether oxygens (including phenoxy) is 2. The van der Waals surface area contributed by atoms with Gasteiger partial charge in [0, 0.05) is 12.6 Å². The molecule has 3 heterocycles. The van der Waals surface area contributed by atoms with Crippen molar-refractivity contribution in [3.63, 3.8) is 0 Å². The number of nitrogens with zero attached hydrogens (tertiary/aromatic N) is 2. The number of hydrogen-bond donors (Lipinski definition) is 1. The molecule has 0 radical (unpaired) electrons. The molecule has 1 aromatic carbocycles. The number of fused-ring (bicyclic) bond motifs is 1. The Labute approximate surface area is 163 Å². The molecule has 0 bridgehead atoms. The minimum absolute atomic E-state index is 0.130. The summed E-state index contributed by atoms with van der Waals surface area (Å²) in [5.74, 6) is 0.529. The third kappa shape index (κ3) is 2.96. The van der Waals surface area contributed by atoms with Gasteiger partial charge in [0.15, 0.2) is 11.5 Å².